The van der Waals surface area contributed by atoms with E-state index in [1.165, 1.54) is 12.1 Å². The van der Waals surface area contributed by atoms with E-state index in [0.717, 1.165) is 18.7 Å². The number of nitrogens with one attached hydrogen (secondary N) is 1. The molecule has 1 heterocycles. The van der Waals surface area contributed by atoms with Gasteiger partial charge >= 0.3 is 0 Å². The van der Waals surface area contributed by atoms with Crippen molar-refractivity contribution < 1.29 is 9.13 Å². The zero-order valence-electron chi connectivity index (χ0n) is 7.51. The molecule has 1 aromatic carbocycles. The molecular formula is C10H12FNO. The third-order valence-electron chi connectivity index (χ3n) is 2.42. The lowest BCUT2D eigenvalue weighted by Gasteiger charge is -2.28. The van der Waals surface area contributed by atoms with E-state index in [2.05, 4.69) is 5.32 Å². The van der Waals surface area contributed by atoms with Crippen LogP contribution in [0.25, 0.3) is 0 Å². The monoisotopic (exact) mass is 181 g/mol. The second-order valence-corrected chi connectivity index (χ2v) is 3.24. The fourth-order valence-electron chi connectivity index (χ4n) is 1.53. The Labute approximate surface area is 76.7 Å². The van der Waals surface area contributed by atoms with Gasteiger partial charge in [0.2, 0.25) is 0 Å². The van der Waals surface area contributed by atoms with Gasteiger partial charge in [-0.15, -0.1) is 0 Å². The van der Waals surface area contributed by atoms with Crippen LogP contribution < -0.4 is 10.1 Å². The Morgan fingerprint density at radius 2 is 2.23 bits per heavy atom. The van der Waals surface area contributed by atoms with Crippen molar-refractivity contribution in [2.24, 2.45) is 0 Å². The Morgan fingerprint density at radius 1 is 1.46 bits per heavy atom. The molecule has 1 fully saturated rings. The Hall–Kier alpha value is -1.09. The molecule has 0 saturated carbocycles. The van der Waals surface area contributed by atoms with Gasteiger partial charge in [-0.1, -0.05) is 6.07 Å². The zero-order chi connectivity index (χ0) is 9.26. The first kappa shape index (κ1) is 8.51. The van der Waals surface area contributed by atoms with E-state index in [9.17, 15) is 4.39 Å². The summed E-state index contributed by atoms with van der Waals surface area (Å²) in [4.78, 5) is 0. The standard InChI is InChI=1S/C10H12FNO/c1-13-10-4-8(11)2-3-9(10)7-5-12-6-7/h2-4,7,12H,5-6H2,1H3. The Kier molecular flexibility index (Phi) is 2.19. The van der Waals surface area contributed by atoms with Crippen molar-refractivity contribution in [1.82, 2.24) is 5.32 Å². The molecule has 2 nitrogen and oxygen atoms in total. The first-order valence-electron chi connectivity index (χ1n) is 4.35. The normalized spacial score (nSPS) is 16.8. The van der Waals surface area contributed by atoms with Crippen LogP contribution >= 0.6 is 0 Å². The molecule has 0 amide bonds. The zero-order valence-corrected chi connectivity index (χ0v) is 7.51. The summed E-state index contributed by atoms with van der Waals surface area (Å²) in [6.45, 7) is 1.92. The average molecular weight is 181 g/mol. The van der Waals surface area contributed by atoms with Crippen LogP contribution in [0.3, 0.4) is 0 Å². The van der Waals surface area contributed by atoms with Gasteiger partial charge in [0.15, 0.2) is 0 Å². The van der Waals surface area contributed by atoms with Gasteiger partial charge in [0.1, 0.15) is 11.6 Å². The Bertz CT molecular complexity index is 310. The third-order valence-corrected chi connectivity index (χ3v) is 2.42. The maximum Gasteiger partial charge on any atom is 0.126 e. The van der Waals surface area contributed by atoms with Gasteiger partial charge < -0.3 is 10.1 Å². The summed E-state index contributed by atoms with van der Waals surface area (Å²) in [6.07, 6.45) is 0. The van der Waals surface area contributed by atoms with E-state index >= 15 is 0 Å². The predicted molar refractivity (Wildman–Crippen MR) is 48.6 cm³/mol. The molecule has 1 aliphatic rings. The molecule has 0 radical (unpaired) electrons. The lowest BCUT2D eigenvalue weighted by atomic mass is 9.93. The van der Waals surface area contributed by atoms with Gasteiger partial charge in [0.25, 0.3) is 0 Å². The van der Waals surface area contributed by atoms with Gasteiger partial charge in [-0.3, -0.25) is 0 Å². The minimum Gasteiger partial charge on any atom is -0.496 e. The van der Waals surface area contributed by atoms with Crippen LogP contribution in [0.15, 0.2) is 18.2 Å². The maximum absolute atomic E-state index is 12.8. The molecular weight excluding hydrogens is 169 g/mol. The molecule has 70 valence electrons. The molecule has 0 aromatic heterocycles. The molecule has 1 saturated heterocycles. The summed E-state index contributed by atoms with van der Waals surface area (Å²) in [7, 11) is 1.57. The van der Waals surface area contributed by atoms with Gasteiger partial charge in [0, 0.05) is 25.1 Å². The summed E-state index contributed by atoms with van der Waals surface area (Å²) < 4.78 is 17.9. The molecule has 1 N–H and O–H groups in total. The van der Waals surface area contributed by atoms with Crippen molar-refractivity contribution in [3.63, 3.8) is 0 Å². The van der Waals surface area contributed by atoms with E-state index in [1.807, 2.05) is 0 Å². The number of methoxy groups -OCH3 is 1. The lowest BCUT2D eigenvalue weighted by Crippen LogP contribution is -2.40. The molecule has 3 heteroatoms. The second-order valence-electron chi connectivity index (χ2n) is 3.24. The number of hydrogen-bond donors (Lipinski definition) is 1. The molecule has 1 aromatic rings. The van der Waals surface area contributed by atoms with Crippen LogP contribution in [0.1, 0.15) is 11.5 Å². The van der Waals surface area contributed by atoms with Gasteiger partial charge in [-0.2, -0.15) is 0 Å². The fourth-order valence-corrected chi connectivity index (χ4v) is 1.53. The molecule has 2 rings (SSSR count). The van der Waals surface area contributed by atoms with E-state index in [-0.39, 0.29) is 5.82 Å². The highest BCUT2D eigenvalue weighted by Gasteiger charge is 2.22. The summed E-state index contributed by atoms with van der Waals surface area (Å²) in [5, 5.41) is 3.18. The summed E-state index contributed by atoms with van der Waals surface area (Å²) >= 11 is 0. The van der Waals surface area contributed by atoms with E-state index in [1.54, 1.807) is 13.2 Å². The minimum atomic E-state index is -0.243. The van der Waals surface area contributed by atoms with Crippen LogP contribution in [0.4, 0.5) is 4.39 Å². The number of halogens is 1. The predicted octanol–water partition coefficient (Wildman–Crippen LogP) is 1.52. The molecule has 0 atom stereocenters. The largest absolute Gasteiger partial charge is 0.496 e. The van der Waals surface area contributed by atoms with Crippen molar-refractivity contribution in [1.29, 1.82) is 0 Å². The Morgan fingerprint density at radius 3 is 2.77 bits per heavy atom. The highest BCUT2D eigenvalue weighted by atomic mass is 19.1. The van der Waals surface area contributed by atoms with Crippen molar-refractivity contribution in [2.75, 3.05) is 20.2 Å². The molecule has 1 aliphatic heterocycles. The van der Waals surface area contributed by atoms with Crippen LogP contribution in [-0.4, -0.2) is 20.2 Å². The highest BCUT2D eigenvalue weighted by molar-refractivity contribution is 5.38. The summed E-state index contributed by atoms with van der Waals surface area (Å²) in [6, 6.07) is 4.73. The quantitative estimate of drug-likeness (QED) is 0.747. The molecule has 13 heavy (non-hydrogen) atoms. The lowest BCUT2D eigenvalue weighted by molar-refractivity contribution is 0.382. The average Bonchev–Trinajstić information content (AvgIpc) is 2.05. The smallest absolute Gasteiger partial charge is 0.126 e. The molecule has 0 bridgehead atoms. The van der Waals surface area contributed by atoms with Crippen LogP contribution in [0.2, 0.25) is 0 Å². The van der Waals surface area contributed by atoms with Crippen molar-refractivity contribution >= 4 is 0 Å². The molecule has 0 aliphatic carbocycles. The fraction of sp³-hybridized carbons (Fsp3) is 0.400. The number of ether oxygens (including phenoxy) is 1. The molecule has 0 spiro atoms. The number of rotatable bonds is 2. The number of hydrogen-bond acceptors (Lipinski definition) is 2. The summed E-state index contributed by atoms with van der Waals surface area (Å²) in [5.74, 6) is 0.898. The van der Waals surface area contributed by atoms with Crippen molar-refractivity contribution in [3.05, 3.63) is 29.6 Å². The first-order chi connectivity index (χ1) is 6.31. The maximum atomic E-state index is 12.8. The van der Waals surface area contributed by atoms with Crippen LogP contribution in [0.5, 0.6) is 5.75 Å². The van der Waals surface area contributed by atoms with E-state index in [4.69, 9.17) is 4.74 Å². The van der Waals surface area contributed by atoms with Gasteiger partial charge in [0.05, 0.1) is 7.11 Å². The van der Waals surface area contributed by atoms with E-state index < -0.39 is 0 Å². The van der Waals surface area contributed by atoms with Crippen molar-refractivity contribution in [2.45, 2.75) is 5.92 Å². The summed E-state index contributed by atoms with van der Waals surface area (Å²) in [5.41, 5.74) is 1.10. The third kappa shape index (κ3) is 1.52. The first-order valence-corrected chi connectivity index (χ1v) is 4.35. The van der Waals surface area contributed by atoms with E-state index in [0.29, 0.717) is 11.7 Å². The van der Waals surface area contributed by atoms with Crippen LogP contribution in [-0.2, 0) is 0 Å². The molecule has 0 unspecified atom stereocenters. The SMILES string of the molecule is COc1cc(F)ccc1C1CNC1. The van der Waals surface area contributed by atoms with Gasteiger partial charge in [-0.25, -0.2) is 4.39 Å². The van der Waals surface area contributed by atoms with Crippen molar-refractivity contribution in [3.8, 4) is 5.75 Å². The number of benzene rings is 1. The minimum absolute atomic E-state index is 0.243. The van der Waals surface area contributed by atoms with Gasteiger partial charge in [-0.05, 0) is 11.6 Å². The second kappa shape index (κ2) is 3.34. The van der Waals surface area contributed by atoms with Crippen LogP contribution in [0, 0.1) is 5.82 Å². The topological polar surface area (TPSA) is 21.3 Å². The highest BCUT2D eigenvalue weighted by Crippen LogP contribution is 2.29. The Balaban J connectivity index is 2.32.